The van der Waals surface area contributed by atoms with E-state index in [1.54, 1.807) is 12.1 Å². The van der Waals surface area contributed by atoms with Crippen molar-refractivity contribution in [3.63, 3.8) is 0 Å². The molecule has 0 bridgehead atoms. The molecule has 1 aromatic carbocycles. The topological polar surface area (TPSA) is 72.2 Å². The Morgan fingerprint density at radius 3 is 2.37 bits per heavy atom. The molecule has 5 heteroatoms. The summed E-state index contributed by atoms with van der Waals surface area (Å²) in [6, 6.07) is 7.04. The molecule has 0 fully saturated rings. The van der Waals surface area contributed by atoms with E-state index in [-0.39, 0.29) is 0 Å². The van der Waals surface area contributed by atoms with Gasteiger partial charge in [0.05, 0.1) is 4.90 Å². The Hall–Kier alpha value is -0.910. The van der Waals surface area contributed by atoms with Crippen LogP contribution in [0.15, 0.2) is 29.2 Å². The monoisotopic (exact) mass is 284 g/mol. The van der Waals surface area contributed by atoms with E-state index in [0.717, 1.165) is 37.7 Å². The van der Waals surface area contributed by atoms with Gasteiger partial charge in [-0.05, 0) is 43.5 Å². The molecule has 3 N–H and O–H groups in total. The first-order valence-corrected chi connectivity index (χ1v) is 8.37. The Balaban J connectivity index is 2.58. The molecular formula is C14H24N2O2S. The molecule has 108 valence electrons. The van der Waals surface area contributed by atoms with Gasteiger partial charge in [-0.15, -0.1) is 0 Å². The largest absolute Gasteiger partial charge is 0.330 e. The third-order valence-electron chi connectivity index (χ3n) is 2.98. The van der Waals surface area contributed by atoms with Gasteiger partial charge in [-0.2, -0.15) is 0 Å². The number of unbranched alkanes of at least 4 members (excludes halogenated alkanes) is 2. The fourth-order valence-electron chi connectivity index (χ4n) is 1.81. The number of nitrogens with two attached hydrogens (primary N) is 1. The van der Waals surface area contributed by atoms with Crippen LogP contribution < -0.4 is 10.5 Å². The van der Waals surface area contributed by atoms with Crippen LogP contribution in [-0.4, -0.2) is 21.5 Å². The molecular weight excluding hydrogens is 260 g/mol. The molecule has 0 atom stereocenters. The van der Waals surface area contributed by atoms with Crippen molar-refractivity contribution in [3.05, 3.63) is 29.8 Å². The number of hydrogen-bond acceptors (Lipinski definition) is 3. The van der Waals surface area contributed by atoms with Crippen molar-refractivity contribution in [3.8, 4) is 0 Å². The first-order chi connectivity index (χ1) is 9.10. The second kappa shape index (κ2) is 8.30. The number of benzene rings is 1. The summed E-state index contributed by atoms with van der Waals surface area (Å²) in [7, 11) is -3.35. The Kier molecular flexibility index (Phi) is 7.05. The van der Waals surface area contributed by atoms with Crippen molar-refractivity contribution in [1.29, 1.82) is 0 Å². The van der Waals surface area contributed by atoms with E-state index < -0.39 is 10.0 Å². The van der Waals surface area contributed by atoms with E-state index in [1.807, 2.05) is 12.1 Å². The zero-order valence-electron chi connectivity index (χ0n) is 11.6. The molecule has 0 amide bonds. The number of rotatable bonds is 9. The van der Waals surface area contributed by atoms with Crippen molar-refractivity contribution in [2.24, 2.45) is 5.73 Å². The third-order valence-corrected chi connectivity index (χ3v) is 4.45. The number of sulfonamides is 1. The van der Waals surface area contributed by atoms with Gasteiger partial charge in [0, 0.05) is 6.54 Å². The highest BCUT2D eigenvalue weighted by atomic mass is 32.2. The average Bonchev–Trinajstić information content (AvgIpc) is 2.42. The van der Waals surface area contributed by atoms with Crippen LogP contribution in [0.1, 0.15) is 38.2 Å². The first kappa shape index (κ1) is 16.1. The molecule has 0 unspecified atom stereocenters. The Morgan fingerprint density at radius 1 is 1.11 bits per heavy atom. The second-order valence-electron chi connectivity index (χ2n) is 4.64. The minimum Gasteiger partial charge on any atom is -0.330 e. The number of nitrogens with one attached hydrogen (secondary N) is 1. The highest BCUT2D eigenvalue weighted by molar-refractivity contribution is 7.89. The molecule has 0 heterocycles. The fourth-order valence-corrected chi connectivity index (χ4v) is 2.88. The van der Waals surface area contributed by atoms with E-state index >= 15 is 0 Å². The lowest BCUT2D eigenvalue weighted by molar-refractivity contribution is 0.576. The van der Waals surface area contributed by atoms with Gasteiger partial charge in [0.15, 0.2) is 0 Å². The Bertz CT molecular complexity index is 455. The Morgan fingerprint density at radius 2 is 1.79 bits per heavy atom. The summed E-state index contributed by atoms with van der Waals surface area (Å²) >= 11 is 0. The van der Waals surface area contributed by atoms with Crippen molar-refractivity contribution in [2.45, 2.75) is 43.9 Å². The third kappa shape index (κ3) is 5.72. The molecule has 0 aliphatic heterocycles. The van der Waals surface area contributed by atoms with Gasteiger partial charge in [0.25, 0.3) is 0 Å². The summed E-state index contributed by atoms with van der Waals surface area (Å²) in [6.45, 7) is 3.25. The predicted octanol–water partition coefficient (Wildman–Crippen LogP) is 2.05. The van der Waals surface area contributed by atoms with Gasteiger partial charge in [0.2, 0.25) is 10.0 Å². The van der Waals surface area contributed by atoms with Crippen LogP contribution in [0.2, 0.25) is 0 Å². The maximum Gasteiger partial charge on any atom is 0.240 e. The maximum absolute atomic E-state index is 12.0. The van der Waals surface area contributed by atoms with Crippen LogP contribution in [0.4, 0.5) is 0 Å². The highest BCUT2D eigenvalue weighted by Crippen LogP contribution is 2.11. The lowest BCUT2D eigenvalue weighted by Gasteiger charge is -2.07. The molecule has 19 heavy (non-hydrogen) atoms. The second-order valence-corrected chi connectivity index (χ2v) is 6.41. The standard InChI is InChI=1S/C14H24N2O2S/c1-2-3-4-12-16-19(17,18)14-9-7-13(8-10-14)6-5-11-15/h7-10,16H,2-6,11-12,15H2,1H3. The number of hydrogen-bond donors (Lipinski definition) is 2. The van der Waals surface area contributed by atoms with Crippen LogP contribution in [0, 0.1) is 0 Å². The predicted molar refractivity (Wildman–Crippen MR) is 78.5 cm³/mol. The summed E-state index contributed by atoms with van der Waals surface area (Å²) in [5.41, 5.74) is 6.57. The SMILES string of the molecule is CCCCCNS(=O)(=O)c1ccc(CCCN)cc1. The molecule has 0 saturated carbocycles. The number of aryl methyl sites for hydroxylation is 1. The summed E-state index contributed by atoms with van der Waals surface area (Å²) in [6.07, 6.45) is 4.81. The maximum atomic E-state index is 12.0. The summed E-state index contributed by atoms with van der Waals surface area (Å²) < 4.78 is 26.6. The molecule has 0 aliphatic rings. The summed E-state index contributed by atoms with van der Waals surface area (Å²) in [5, 5.41) is 0. The van der Waals surface area contributed by atoms with Crippen molar-refractivity contribution in [2.75, 3.05) is 13.1 Å². The Labute approximate surface area is 116 Å². The fraction of sp³-hybridized carbons (Fsp3) is 0.571. The molecule has 0 aliphatic carbocycles. The summed E-state index contributed by atoms with van der Waals surface area (Å²) in [5.74, 6) is 0. The van der Waals surface area contributed by atoms with Gasteiger partial charge >= 0.3 is 0 Å². The van der Waals surface area contributed by atoms with E-state index in [0.29, 0.717) is 18.0 Å². The van der Waals surface area contributed by atoms with Gasteiger partial charge in [-0.25, -0.2) is 13.1 Å². The van der Waals surface area contributed by atoms with Crippen molar-refractivity contribution >= 4 is 10.0 Å². The lowest BCUT2D eigenvalue weighted by Crippen LogP contribution is -2.24. The van der Waals surface area contributed by atoms with Gasteiger partial charge < -0.3 is 5.73 Å². The minimum absolute atomic E-state index is 0.334. The van der Waals surface area contributed by atoms with Crippen LogP contribution in [0.25, 0.3) is 0 Å². The van der Waals surface area contributed by atoms with Crippen LogP contribution in [0.5, 0.6) is 0 Å². The molecule has 1 aromatic rings. The lowest BCUT2D eigenvalue weighted by atomic mass is 10.1. The highest BCUT2D eigenvalue weighted by Gasteiger charge is 2.12. The van der Waals surface area contributed by atoms with Crippen LogP contribution >= 0.6 is 0 Å². The molecule has 0 saturated heterocycles. The zero-order valence-corrected chi connectivity index (χ0v) is 12.4. The van der Waals surface area contributed by atoms with Gasteiger partial charge in [-0.1, -0.05) is 31.9 Å². The van der Waals surface area contributed by atoms with Gasteiger partial charge in [0.1, 0.15) is 0 Å². The van der Waals surface area contributed by atoms with E-state index in [2.05, 4.69) is 11.6 Å². The van der Waals surface area contributed by atoms with E-state index in [1.165, 1.54) is 0 Å². The van der Waals surface area contributed by atoms with Crippen molar-refractivity contribution in [1.82, 2.24) is 4.72 Å². The van der Waals surface area contributed by atoms with Gasteiger partial charge in [-0.3, -0.25) is 0 Å². The minimum atomic E-state index is -3.35. The molecule has 4 nitrogen and oxygen atoms in total. The normalized spacial score (nSPS) is 11.7. The zero-order chi connectivity index (χ0) is 14.1. The molecule has 0 aromatic heterocycles. The molecule has 1 rings (SSSR count). The first-order valence-electron chi connectivity index (χ1n) is 6.89. The summed E-state index contributed by atoms with van der Waals surface area (Å²) in [4.78, 5) is 0.334. The molecule has 0 radical (unpaired) electrons. The average molecular weight is 284 g/mol. The molecule has 0 spiro atoms. The smallest absolute Gasteiger partial charge is 0.240 e. The quantitative estimate of drug-likeness (QED) is 0.682. The van der Waals surface area contributed by atoms with E-state index in [4.69, 9.17) is 5.73 Å². The van der Waals surface area contributed by atoms with Crippen molar-refractivity contribution < 1.29 is 8.42 Å². The van der Waals surface area contributed by atoms with E-state index in [9.17, 15) is 8.42 Å². The van der Waals surface area contributed by atoms with Crippen LogP contribution in [0.3, 0.4) is 0 Å². The van der Waals surface area contributed by atoms with Crippen LogP contribution in [-0.2, 0) is 16.4 Å².